The van der Waals surface area contributed by atoms with E-state index in [1.165, 1.54) is 5.56 Å². The van der Waals surface area contributed by atoms with Crippen molar-refractivity contribution in [3.05, 3.63) is 60.3 Å². The molecule has 3 aromatic rings. The van der Waals surface area contributed by atoms with Gasteiger partial charge < -0.3 is 14.8 Å². The fourth-order valence-corrected chi connectivity index (χ4v) is 2.34. The molecule has 0 spiro atoms. The van der Waals surface area contributed by atoms with Crippen molar-refractivity contribution in [1.29, 1.82) is 0 Å². The van der Waals surface area contributed by atoms with Gasteiger partial charge in [-0.25, -0.2) is 9.97 Å². The van der Waals surface area contributed by atoms with E-state index in [0.717, 1.165) is 16.9 Å². The second-order valence-corrected chi connectivity index (χ2v) is 5.33. The smallest absolute Gasteiger partial charge is 0.227 e. The Morgan fingerprint density at radius 1 is 0.875 bits per heavy atom. The van der Waals surface area contributed by atoms with Crippen LogP contribution in [0, 0.1) is 6.92 Å². The quantitative estimate of drug-likeness (QED) is 0.763. The summed E-state index contributed by atoms with van der Waals surface area (Å²) in [5.41, 5.74) is 3.90. The second kappa shape index (κ2) is 7.00. The van der Waals surface area contributed by atoms with E-state index in [-0.39, 0.29) is 0 Å². The van der Waals surface area contributed by atoms with Gasteiger partial charge >= 0.3 is 0 Å². The Labute approximate surface area is 141 Å². The van der Waals surface area contributed by atoms with Crippen molar-refractivity contribution >= 4 is 11.6 Å². The van der Waals surface area contributed by atoms with Gasteiger partial charge in [-0.15, -0.1) is 0 Å². The number of methoxy groups -OCH3 is 2. The van der Waals surface area contributed by atoms with Crippen molar-refractivity contribution < 1.29 is 9.47 Å². The van der Waals surface area contributed by atoms with E-state index < -0.39 is 0 Å². The number of aryl methyl sites for hydroxylation is 1. The van der Waals surface area contributed by atoms with Gasteiger partial charge in [0.2, 0.25) is 5.95 Å². The summed E-state index contributed by atoms with van der Waals surface area (Å²) in [6.45, 7) is 2.05. The van der Waals surface area contributed by atoms with E-state index in [4.69, 9.17) is 9.47 Å². The van der Waals surface area contributed by atoms with Gasteiger partial charge in [-0.1, -0.05) is 17.7 Å². The Bertz CT molecular complexity index is 832. The highest BCUT2D eigenvalue weighted by Crippen LogP contribution is 2.31. The molecular weight excluding hydrogens is 302 g/mol. The van der Waals surface area contributed by atoms with E-state index in [1.807, 2.05) is 48.5 Å². The Morgan fingerprint density at radius 3 is 2.33 bits per heavy atom. The number of hydrogen-bond acceptors (Lipinski definition) is 5. The van der Waals surface area contributed by atoms with Crippen LogP contribution in [0.1, 0.15) is 5.56 Å². The predicted octanol–water partition coefficient (Wildman–Crippen LogP) is 4.21. The minimum atomic E-state index is 0.547. The number of rotatable bonds is 5. The van der Waals surface area contributed by atoms with Crippen molar-refractivity contribution in [2.45, 2.75) is 6.92 Å². The summed E-state index contributed by atoms with van der Waals surface area (Å²) in [6, 6.07) is 15.7. The lowest BCUT2D eigenvalue weighted by molar-refractivity contribution is 0.355. The third kappa shape index (κ3) is 3.46. The summed E-state index contributed by atoms with van der Waals surface area (Å²) in [6.07, 6.45) is 1.73. The Kier molecular flexibility index (Phi) is 4.61. The molecule has 0 radical (unpaired) electrons. The summed E-state index contributed by atoms with van der Waals surface area (Å²) in [5, 5.41) is 3.21. The fourth-order valence-electron chi connectivity index (χ4n) is 2.34. The number of nitrogens with zero attached hydrogens (tertiary/aromatic N) is 2. The van der Waals surface area contributed by atoms with Crippen LogP contribution >= 0.6 is 0 Å². The average molecular weight is 321 g/mol. The molecule has 5 heteroatoms. The molecule has 2 aromatic carbocycles. The standard InChI is InChI=1S/C19H19N3O2/c1-13-4-7-15(8-5-13)21-19-20-11-10-16(22-19)14-6-9-17(23-2)18(12-14)24-3/h4-12H,1-3H3,(H,20,21,22). The number of nitrogens with one attached hydrogen (secondary N) is 1. The molecule has 1 heterocycles. The first-order valence-corrected chi connectivity index (χ1v) is 7.59. The van der Waals surface area contributed by atoms with E-state index in [2.05, 4.69) is 22.2 Å². The van der Waals surface area contributed by atoms with Gasteiger partial charge in [-0.3, -0.25) is 0 Å². The van der Waals surface area contributed by atoms with Crippen LogP contribution in [0.5, 0.6) is 11.5 Å². The molecule has 0 amide bonds. The summed E-state index contributed by atoms with van der Waals surface area (Å²) < 4.78 is 10.6. The zero-order chi connectivity index (χ0) is 16.9. The minimum absolute atomic E-state index is 0.547. The predicted molar refractivity (Wildman–Crippen MR) is 95.0 cm³/mol. The lowest BCUT2D eigenvalue weighted by Gasteiger charge is -2.10. The van der Waals surface area contributed by atoms with Gasteiger partial charge in [0, 0.05) is 17.4 Å². The monoisotopic (exact) mass is 321 g/mol. The summed E-state index contributed by atoms with van der Waals surface area (Å²) >= 11 is 0. The number of benzene rings is 2. The lowest BCUT2D eigenvalue weighted by Crippen LogP contribution is -1.98. The van der Waals surface area contributed by atoms with Crippen LogP contribution in [0.2, 0.25) is 0 Å². The normalized spacial score (nSPS) is 10.3. The van der Waals surface area contributed by atoms with Crippen LogP contribution in [0.25, 0.3) is 11.3 Å². The number of ether oxygens (including phenoxy) is 2. The van der Waals surface area contributed by atoms with Crippen molar-refractivity contribution in [3.63, 3.8) is 0 Å². The van der Waals surface area contributed by atoms with Crippen molar-refractivity contribution in [1.82, 2.24) is 9.97 Å². The molecule has 0 saturated heterocycles. The van der Waals surface area contributed by atoms with Gasteiger partial charge in [-0.2, -0.15) is 0 Å². The molecule has 1 N–H and O–H groups in total. The minimum Gasteiger partial charge on any atom is -0.493 e. The third-order valence-corrected chi connectivity index (χ3v) is 3.64. The number of aromatic nitrogens is 2. The molecule has 24 heavy (non-hydrogen) atoms. The molecule has 0 unspecified atom stereocenters. The topological polar surface area (TPSA) is 56.3 Å². The van der Waals surface area contributed by atoms with Crippen LogP contribution in [0.3, 0.4) is 0 Å². The van der Waals surface area contributed by atoms with Gasteiger partial charge in [-0.05, 0) is 43.3 Å². The van der Waals surface area contributed by atoms with Gasteiger partial charge in [0.15, 0.2) is 11.5 Å². The summed E-state index contributed by atoms with van der Waals surface area (Å²) in [5.74, 6) is 1.90. The first-order chi connectivity index (χ1) is 11.7. The molecule has 0 aliphatic carbocycles. The van der Waals surface area contributed by atoms with Crippen molar-refractivity contribution in [2.24, 2.45) is 0 Å². The fraction of sp³-hybridized carbons (Fsp3) is 0.158. The van der Waals surface area contributed by atoms with Gasteiger partial charge in [0.25, 0.3) is 0 Å². The first-order valence-electron chi connectivity index (χ1n) is 7.59. The van der Waals surface area contributed by atoms with Crippen LogP contribution < -0.4 is 14.8 Å². The van der Waals surface area contributed by atoms with Crippen LogP contribution in [0.15, 0.2) is 54.7 Å². The lowest BCUT2D eigenvalue weighted by atomic mass is 10.1. The summed E-state index contributed by atoms with van der Waals surface area (Å²) in [7, 11) is 3.23. The molecule has 1 aromatic heterocycles. The van der Waals surface area contributed by atoms with E-state index in [9.17, 15) is 0 Å². The van der Waals surface area contributed by atoms with Crippen LogP contribution in [-0.2, 0) is 0 Å². The zero-order valence-corrected chi connectivity index (χ0v) is 13.9. The maximum Gasteiger partial charge on any atom is 0.227 e. The highest BCUT2D eigenvalue weighted by atomic mass is 16.5. The Balaban J connectivity index is 1.88. The Morgan fingerprint density at radius 2 is 1.62 bits per heavy atom. The maximum atomic E-state index is 5.35. The first kappa shape index (κ1) is 15.8. The third-order valence-electron chi connectivity index (χ3n) is 3.64. The molecule has 5 nitrogen and oxygen atoms in total. The largest absolute Gasteiger partial charge is 0.493 e. The van der Waals surface area contributed by atoms with E-state index in [1.54, 1.807) is 20.4 Å². The number of hydrogen-bond donors (Lipinski definition) is 1. The maximum absolute atomic E-state index is 5.35. The average Bonchev–Trinajstić information content (AvgIpc) is 2.63. The SMILES string of the molecule is COc1ccc(-c2ccnc(Nc3ccc(C)cc3)n2)cc1OC. The highest BCUT2D eigenvalue weighted by Gasteiger charge is 2.08. The van der Waals surface area contributed by atoms with Gasteiger partial charge in [0.05, 0.1) is 19.9 Å². The van der Waals surface area contributed by atoms with Gasteiger partial charge in [0.1, 0.15) is 0 Å². The molecule has 3 rings (SSSR count). The number of anilines is 2. The van der Waals surface area contributed by atoms with Crippen LogP contribution in [0.4, 0.5) is 11.6 Å². The van der Waals surface area contributed by atoms with Crippen molar-refractivity contribution in [3.8, 4) is 22.8 Å². The molecule has 0 bridgehead atoms. The highest BCUT2D eigenvalue weighted by molar-refractivity contribution is 5.65. The molecule has 0 saturated carbocycles. The Hall–Kier alpha value is -3.08. The molecule has 0 fully saturated rings. The molecule has 0 aliphatic rings. The van der Waals surface area contributed by atoms with Crippen molar-refractivity contribution in [2.75, 3.05) is 19.5 Å². The van der Waals surface area contributed by atoms with E-state index >= 15 is 0 Å². The van der Waals surface area contributed by atoms with Crippen LogP contribution in [-0.4, -0.2) is 24.2 Å². The molecule has 0 aliphatic heterocycles. The molecule has 0 atom stereocenters. The molecule has 122 valence electrons. The zero-order valence-electron chi connectivity index (χ0n) is 13.9. The van der Waals surface area contributed by atoms with E-state index in [0.29, 0.717) is 17.4 Å². The second-order valence-electron chi connectivity index (χ2n) is 5.33. The molecular formula is C19H19N3O2. The summed E-state index contributed by atoms with van der Waals surface area (Å²) in [4.78, 5) is 8.85.